The van der Waals surface area contributed by atoms with Crippen molar-refractivity contribution in [3.8, 4) is 46.0 Å². The summed E-state index contributed by atoms with van der Waals surface area (Å²) in [5.41, 5.74) is 6.00. The van der Waals surface area contributed by atoms with Crippen LogP contribution in [0.2, 0.25) is 0 Å². The number of fused-ring (bicyclic) bond motifs is 6. The molecule has 0 bridgehead atoms. The SMILES string of the molecule is c1ccc2c(Oc3ccc(N(c4ccc(Oc5cccc6ccccc56)cc4)c4ccc5c6ccc(N(c7ccc(Oc8cccc9ccccc89)cc7)c7ccc(Oc8cccc9ccccc89)cc7)c7cccc(c8cccc4c85)c76)cc3)cccc2c1. The van der Waals surface area contributed by atoms with Gasteiger partial charge in [-0.3, -0.25) is 0 Å². The van der Waals surface area contributed by atoms with Gasteiger partial charge >= 0.3 is 0 Å². The number of hydrogen-bond donors (Lipinski definition) is 0. The van der Waals surface area contributed by atoms with Gasteiger partial charge in [0.2, 0.25) is 0 Å². The van der Waals surface area contributed by atoms with Crippen molar-refractivity contribution in [3.05, 3.63) is 328 Å². The predicted octanol–water partition coefficient (Wildman–Crippen LogP) is 24.5. The van der Waals surface area contributed by atoms with Crippen LogP contribution >= 0.6 is 0 Å². The highest BCUT2D eigenvalue weighted by Crippen LogP contribution is 2.50. The van der Waals surface area contributed by atoms with Crippen LogP contribution in [-0.2, 0) is 0 Å². The van der Waals surface area contributed by atoms with Crippen molar-refractivity contribution < 1.29 is 18.9 Å². The zero-order chi connectivity index (χ0) is 59.5. The van der Waals surface area contributed by atoms with E-state index in [2.05, 4.69) is 289 Å². The maximum Gasteiger partial charge on any atom is 0.135 e. The standard InChI is InChI=1S/C84H54N2O4/c1-5-23-67-55(15-1)19-9-31-79(67)87-63-43-35-59(36-44-63)85(60-37-45-64(46-38-60)88-80-32-10-20-56-16-2-6-24-68(56)80)77-53-51-73-74-52-54-78(76-30-14-28-72(84(74)76)71-27-13-29-75(77)83(71)73)86(61-39-47-65(48-40-61)89-81-33-11-21-57-17-3-7-25-69(57)81)62-41-49-66(50-42-62)90-82-34-12-22-58-18-4-8-26-70(58)82/h1-54H. The fourth-order valence-corrected chi connectivity index (χ4v) is 13.2. The second-order valence-corrected chi connectivity index (χ2v) is 22.7. The lowest BCUT2D eigenvalue weighted by molar-refractivity contribution is 0.488. The summed E-state index contributed by atoms with van der Waals surface area (Å²) < 4.78 is 26.5. The third-order valence-corrected chi connectivity index (χ3v) is 17.4. The molecule has 0 aliphatic heterocycles. The van der Waals surface area contributed by atoms with Gasteiger partial charge in [-0.25, -0.2) is 0 Å². The predicted molar refractivity (Wildman–Crippen MR) is 373 cm³/mol. The van der Waals surface area contributed by atoms with Crippen molar-refractivity contribution in [1.29, 1.82) is 0 Å². The monoisotopic (exact) mass is 1150 g/mol. The highest BCUT2D eigenvalue weighted by Gasteiger charge is 2.24. The number of hydrogen-bond acceptors (Lipinski definition) is 6. The molecular weight excluding hydrogens is 1100 g/mol. The molecule has 0 radical (unpaired) electrons. The van der Waals surface area contributed by atoms with Crippen LogP contribution in [-0.4, -0.2) is 0 Å². The zero-order valence-electron chi connectivity index (χ0n) is 48.7. The summed E-state index contributed by atoms with van der Waals surface area (Å²) in [6.07, 6.45) is 0. The summed E-state index contributed by atoms with van der Waals surface area (Å²) in [5.74, 6) is 6.25. The number of rotatable bonds is 14. The van der Waals surface area contributed by atoms with Crippen LogP contribution in [0.1, 0.15) is 0 Å². The molecule has 90 heavy (non-hydrogen) atoms. The van der Waals surface area contributed by atoms with E-state index in [1.807, 2.05) is 48.5 Å². The maximum absolute atomic E-state index is 6.62. The molecule has 6 nitrogen and oxygen atoms in total. The maximum atomic E-state index is 6.62. The Hall–Kier alpha value is -12.1. The smallest absolute Gasteiger partial charge is 0.135 e. The lowest BCUT2D eigenvalue weighted by atomic mass is 9.88. The molecule has 0 amide bonds. The average Bonchev–Trinajstić information content (AvgIpc) is 0.717. The van der Waals surface area contributed by atoms with Crippen LogP contribution in [0, 0.1) is 0 Å². The number of anilines is 6. The summed E-state index contributed by atoms with van der Waals surface area (Å²) >= 11 is 0. The van der Waals surface area contributed by atoms with Crippen LogP contribution in [0.25, 0.3) is 86.2 Å². The van der Waals surface area contributed by atoms with Crippen LogP contribution in [0.15, 0.2) is 328 Å². The van der Waals surface area contributed by atoms with Gasteiger partial charge in [-0.1, -0.05) is 194 Å². The second-order valence-electron chi connectivity index (χ2n) is 22.7. The van der Waals surface area contributed by atoms with E-state index in [1.54, 1.807) is 0 Å². The third-order valence-electron chi connectivity index (χ3n) is 17.4. The van der Waals surface area contributed by atoms with Gasteiger partial charge < -0.3 is 28.7 Å². The van der Waals surface area contributed by atoms with Gasteiger partial charge in [-0.15, -0.1) is 0 Å². The van der Waals surface area contributed by atoms with E-state index in [0.717, 1.165) is 134 Å². The van der Waals surface area contributed by atoms with Crippen molar-refractivity contribution in [2.24, 2.45) is 0 Å². The number of benzene rings is 17. The van der Waals surface area contributed by atoms with E-state index in [-0.39, 0.29) is 0 Å². The largest absolute Gasteiger partial charge is 0.457 e. The van der Waals surface area contributed by atoms with Gasteiger partial charge in [0, 0.05) is 55.1 Å². The molecule has 0 aliphatic carbocycles. The molecule has 17 rings (SSSR count). The van der Waals surface area contributed by atoms with Gasteiger partial charge in [-0.2, -0.15) is 0 Å². The van der Waals surface area contributed by atoms with Crippen molar-refractivity contribution in [2.75, 3.05) is 9.80 Å². The second kappa shape index (κ2) is 22.0. The van der Waals surface area contributed by atoms with Crippen molar-refractivity contribution >= 4 is 120 Å². The van der Waals surface area contributed by atoms with Crippen molar-refractivity contribution in [2.45, 2.75) is 0 Å². The van der Waals surface area contributed by atoms with E-state index in [9.17, 15) is 0 Å². The van der Waals surface area contributed by atoms with Crippen LogP contribution in [0.5, 0.6) is 46.0 Å². The minimum absolute atomic E-state index is 0.749. The highest BCUT2D eigenvalue weighted by atomic mass is 16.5. The van der Waals surface area contributed by atoms with Crippen molar-refractivity contribution in [3.63, 3.8) is 0 Å². The Morgan fingerprint density at radius 1 is 0.167 bits per heavy atom. The molecule has 0 spiro atoms. The molecule has 0 heterocycles. The quantitative estimate of drug-likeness (QED) is 0.0799. The number of nitrogens with zero attached hydrogens (tertiary/aromatic N) is 2. The highest BCUT2D eigenvalue weighted by molar-refractivity contribution is 6.35. The van der Waals surface area contributed by atoms with E-state index < -0.39 is 0 Å². The van der Waals surface area contributed by atoms with Gasteiger partial charge in [0.25, 0.3) is 0 Å². The summed E-state index contributed by atoms with van der Waals surface area (Å²) in [6.45, 7) is 0. The third kappa shape index (κ3) is 9.30. The molecular formula is C84H54N2O4. The first-order valence-corrected chi connectivity index (χ1v) is 30.4. The van der Waals surface area contributed by atoms with E-state index in [0.29, 0.717) is 0 Å². The molecule has 0 atom stereocenters. The zero-order valence-corrected chi connectivity index (χ0v) is 48.7. The first-order valence-electron chi connectivity index (χ1n) is 30.4. The van der Waals surface area contributed by atoms with Gasteiger partial charge in [0.1, 0.15) is 46.0 Å². The topological polar surface area (TPSA) is 43.4 Å². The Balaban J connectivity index is 0.781. The summed E-state index contributed by atoms with van der Waals surface area (Å²) in [6, 6.07) is 114. The Labute approximate surface area is 519 Å². The van der Waals surface area contributed by atoms with E-state index in [1.165, 1.54) is 32.3 Å². The van der Waals surface area contributed by atoms with E-state index >= 15 is 0 Å². The molecule has 6 heteroatoms. The molecule has 17 aromatic rings. The Bertz CT molecular complexity index is 4920. The van der Waals surface area contributed by atoms with Crippen molar-refractivity contribution in [1.82, 2.24) is 0 Å². The minimum atomic E-state index is 0.749. The lowest BCUT2D eigenvalue weighted by Gasteiger charge is -2.29. The van der Waals surface area contributed by atoms with Crippen LogP contribution < -0.4 is 28.7 Å². The normalized spacial score (nSPS) is 11.6. The first kappa shape index (κ1) is 52.2. The fourth-order valence-electron chi connectivity index (χ4n) is 13.2. The first-order chi connectivity index (χ1) is 44.6. The number of ether oxygens (including phenoxy) is 4. The molecule has 0 aliphatic rings. The minimum Gasteiger partial charge on any atom is -0.457 e. The summed E-state index contributed by atoms with van der Waals surface area (Å²) in [5, 5.41) is 18.1. The van der Waals surface area contributed by atoms with Gasteiger partial charge in [0.05, 0.1) is 11.4 Å². The molecule has 0 N–H and O–H groups in total. The summed E-state index contributed by atoms with van der Waals surface area (Å²) in [4.78, 5) is 4.69. The average molecular weight is 1160 g/mol. The molecule has 0 saturated heterocycles. The Morgan fingerprint density at radius 3 is 0.678 bits per heavy atom. The van der Waals surface area contributed by atoms with Crippen LogP contribution in [0.3, 0.4) is 0 Å². The molecule has 424 valence electrons. The summed E-state index contributed by atoms with van der Waals surface area (Å²) in [7, 11) is 0. The fraction of sp³-hybridized carbons (Fsp3) is 0. The molecule has 0 unspecified atom stereocenters. The molecule has 0 fully saturated rings. The van der Waals surface area contributed by atoms with E-state index in [4.69, 9.17) is 18.9 Å². The lowest BCUT2D eigenvalue weighted by Crippen LogP contribution is -2.11. The Morgan fingerprint density at radius 2 is 0.389 bits per heavy atom. The van der Waals surface area contributed by atoms with Gasteiger partial charge in [-0.05, 0) is 187 Å². The molecule has 0 saturated carbocycles. The van der Waals surface area contributed by atoms with Crippen LogP contribution in [0.4, 0.5) is 34.1 Å². The Kier molecular flexibility index (Phi) is 12.8. The molecule has 17 aromatic carbocycles. The molecule has 0 aromatic heterocycles. The van der Waals surface area contributed by atoms with Gasteiger partial charge in [0.15, 0.2) is 0 Å².